The molecule has 3 heterocycles. The first kappa shape index (κ1) is 23.0. The molecule has 0 bridgehead atoms. The highest BCUT2D eigenvalue weighted by atomic mass is 32.1. The van der Waals surface area contributed by atoms with E-state index in [0.717, 1.165) is 53.7 Å². The number of aryl methyl sites for hydroxylation is 3. The number of carbonyl (C=O) groups excluding carboxylic acids is 1. The Balaban J connectivity index is 1.28. The number of rotatable bonds is 5. The standard InChI is InChI=1S/C25H29FN4O3S/c1-2-33-25(32)29-13-11-28(12-14-29)19-7-8-20-21(15-19)34-23-22(20)24(31)30(16-27-23)10-9-17-3-5-18(26)6-4-17/h3-6,16,19H,2,7-15H2,1H3/t19-/m0/s1. The smallest absolute Gasteiger partial charge is 0.409 e. The molecule has 0 N–H and O–H groups in total. The second-order valence-electron chi connectivity index (χ2n) is 8.92. The van der Waals surface area contributed by atoms with Crippen LogP contribution in [0.25, 0.3) is 10.2 Å². The van der Waals surface area contributed by atoms with Crippen molar-refractivity contribution in [2.24, 2.45) is 0 Å². The average Bonchev–Trinajstić information content (AvgIpc) is 3.23. The van der Waals surface area contributed by atoms with Gasteiger partial charge in [-0.3, -0.25) is 14.3 Å². The molecule has 1 fully saturated rings. The lowest BCUT2D eigenvalue weighted by Gasteiger charge is -2.40. The Morgan fingerprint density at radius 2 is 1.97 bits per heavy atom. The monoisotopic (exact) mass is 484 g/mol. The maximum Gasteiger partial charge on any atom is 0.409 e. The predicted molar refractivity (Wildman–Crippen MR) is 130 cm³/mol. The van der Waals surface area contributed by atoms with Crippen LogP contribution in [0.15, 0.2) is 35.4 Å². The topological polar surface area (TPSA) is 67.7 Å². The summed E-state index contributed by atoms with van der Waals surface area (Å²) in [6.07, 6.45) is 4.87. The number of fused-ring (bicyclic) bond motifs is 3. The largest absolute Gasteiger partial charge is 0.450 e. The van der Waals surface area contributed by atoms with Gasteiger partial charge in [0.2, 0.25) is 0 Å². The van der Waals surface area contributed by atoms with Crippen molar-refractivity contribution in [3.05, 3.63) is 62.8 Å². The highest BCUT2D eigenvalue weighted by Crippen LogP contribution is 2.35. The van der Waals surface area contributed by atoms with Gasteiger partial charge in [0.1, 0.15) is 10.6 Å². The molecular formula is C25H29FN4O3S. The van der Waals surface area contributed by atoms with Gasteiger partial charge >= 0.3 is 6.09 Å². The van der Waals surface area contributed by atoms with Crippen molar-refractivity contribution in [2.75, 3.05) is 32.8 Å². The SMILES string of the molecule is CCOC(=O)N1CCN([C@H]2CCc3c(sc4ncn(CCc5ccc(F)cc5)c(=O)c34)C2)CC1. The minimum Gasteiger partial charge on any atom is -0.450 e. The fourth-order valence-electron chi connectivity index (χ4n) is 5.04. The van der Waals surface area contributed by atoms with Gasteiger partial charge in [0.25, 0.3) is 5.56 Å². The van der Waals surface area contributed by atoms with Gasteiger partial charge in [-0.05, 0) is 55.9 Å². The number of aromatic nitrogens is 2. The van der Waals surface area contributed by atoms with E-state index in [4.69, 9.17) is 4.74 Å². The zero-order valence-electron chi connectivity index (χ0n) is 19.3. The van der Waals surface area contributed by atoms with E-state index < -0.39 is 0 Å². The lowest BCUT2D eigenvalue weighted by atomic mass is 9.91. The molecule has 0 saturated carbocycles. The minimum atomic E-state index is -0.256. The van der Waals surface area contributed by atoms with Crippen LogP contribution in [0.3, 0.4) is 0 Å². The zero-order valence-corrected chi connectivity index (χ0v) is 20.2. The van der Waals surface area contributed by atoms with E-state index in [0.29, 0.717) is 38.7 Å². The highest BCUT2D eigenvalue weighted by molar-refractivity contribution is 7.18. The Bertz CT molecular complexity index is 1230. The summed E-state index contributed by atoms with van der Waals surface area (Å²) in [5.41, 5.74) is 2.17. The highest BCUT2D eigenvalue weighted by Gasteiger charge is 2.31. The van der Waals surface area contributed by atoms with Crippen molar-refractivity contribution in [3.8, 4) is 0 Å². The van der Waals surface area contributed by atoms with Crippen LogP contribution < -0.4 is 5.56 Å². The maximum atomic E-state index is 13.3. The molecule has 0 radical (unpaired) electrons. The molecule has 1 amide bonds. The van der Waals surface area contributed by atoms with Crippen LogP contribution in [-0.2, 0) is 30.5 Å². The second kappa shape index (κ2) is 9.84. The van der Waals surface area contributed by atoms with Gasteiger partial charge in [0.15, 0.2) is 0 Å². The first-order chi connectivity index (χ1) is 16.5. The summed E-state index contributed by atoms with van der Waals surface area (Å²) in [5.74, 6) is -0.256. The summed E-state index contributed by atoms with van der Waals surface area (Å²) in [5, 5.41) is 0.771. The lowest BCUT2D eigenvalue weighted by Crippen LogP contribution is -2.53. The van der Waals surface area contributed by atoms with Gasteiger partial charge in [-0.25, -0.2) is 14.2 Å². The van der Waals surface area contributed by atoms with Crippen LogP contribution in [-0.4, -0.2) is 64.3 Å². The number of nitrogens with zero attached hydrogens (tertiary/aromatic N) is 4. The van der Waals surface area contributed by atoms with E-state index in [1.807, 2.05) is 6.92 Å². The Labute approximate surface area is 201 Å². The van der Waals surface area contributed by atoms with Gasteiger partial charge in [-0.1, -0.05) is 12.1 Å². The summed E-state index contributed by atoms with van der Waals surface area (Å²) in [6.45, 7) is 5.82. The van der Waals surface area contributed by atoms with Crippen molar-refractivity contribution in [3.63, 3.8) is 0 Å². The minimum absolute atomic E-state index is 0.0195. The third-order valence-electron chi connectivity index (χ3n) is 6.92. The van der Waals surface area contributed by atoms with Crippen molar-refractivity contribution in [2.45, 2.75) is 45.2 Å². The lowest BCUT2D eigenvalue weighted by molar-refractivity contribution is 0.0635. The Morgan fingerprint density at radius 1 is 1.21 bits per heavy atom. The van der Waals surface area contributed by atoms with Crippen molar-refractivity contribution < 1.29 is 13.9 Å². The summed E-state index contributed by atoms with van der Waals surface area (Å²) < 4.78 is 20.0. The summed E-state index contributed by atoms with van der Waals surface area (Å²) in [4.78, 5) is 36.2. The molecule has 1 saturated heterocycles. The van der Waals surface area contributed by atoms with Gasteiger partial charge in [-0.2, -0.15) is 0 Å². The number of piperazine rings is 1. The molecule has 0 unspecified atom stereocenters. The normalized spacial score (nSPS) is 18.8. The molecule has 1 aromatic carbocycles. The number of halogens is 1. The molecule has 2 aliphatic rings. The molecule has 1 atom stereocenters. The molecule has 9 heteroatoms. The first-order valence-electron chi connectivity index (χ1n) is 11.9. The predicted octanol–water partition coefficient (Wildman–Crippen LogP) is 3.47. The number of hydrogen-bond acceptors (Lipinski definition) is 6. The number of carbonyl (C=O) groups is 1. The van der Waals surface area contributed by atoms with Crippen molar-refractivity contribution >= 4 is 27.6 Å². The Kier molecular flexibility index (Phi) is 6.65. The van der Waals surface area contributed by atoms with Crippen LogP contribution >= 0.6 is 11.3 Å². The van der Waals surface area contributed by atoms with E-state index in [1.54, 1.807) is 39.3 Å². The fraction of sp³-hybridized carbons (Fsp3) is 0.480. The molecule has 1 aliphatic heterocycles. The summed E-state index contributed by atoms with van der Waals surface area (Å²) in [7, 11) is 0. The van der Waals surface area contributed by atoms with E-state index in [-0.39, 0.29) is 17.5 Å². The molecule has 34 heavy (non-hydrogen) atoms. The van der Waals surface area contributed by atoms with Crippen LogP contribution in [0.5, 0.6) is 0 Å². The molecule has 180 valence electrons. The molecule has 1 aliphatic carbocycles. The second-order valence-corrected chi connectivity index (χ2v) is 10.0. The summed E-state index contributed by atoms with van der Waals surface area (Å²) >= 11 is 1.64. The van der Waals surface area contributed by atoms with Gasteiger partial charge in [0.05, 0.1) is 18.3 Å². The maximum absolute atomic E-state index is 13.3. The quantitative estimate of drug-likeness (QED) is 0.555. The van der Waals surface area contributed by atoms with E-state index >= 15 is 0 Å². The number of benzene rings is 1. The van der Waals surface area contributed by atoms with Crippen LogP contribution in [0, 0.1) is 5.82 Å². The third kappa shape index (κ3) is 4.59. The molecular weight excluding hydrogens is 455 g/mol. The third-order valence-corrected chi connectivity index (χ3v) is 8.08. The van der Waals surface area contributed by atoms with Crippen LogP contribution in [0.4, 0.5) is 9.18 Å². The van der Waals surface area contributed by atoms with Crippen LogP contribution in [0.1, 0.15) is 29.3 Å². The number of thiophene rings is 1. The average molecular weight is 485 g/mol. The number of hydrogen-bond donors (Lipinski definition) is 0. The van der Waals surface area contributed by atoms with E-state index in [2.05, 4.69) is 9.88 Å². The van der Waals surface area contributed by atoms with E-state index in [9.17, 15) is 14.0 Å². The van der Waals surface area contributed by atoms with E-state index in [1.165, 1.54) is 17.0 Å². The molecule has 5 rings (SSSR count). The zero-order chi connectivity index (χ0) is 23.7. The van der Waals surface area contributed by atoms with Gasteiger partial charge in [0, 0.05) is 43.6 Å². The number of amides is 1. The fourth-order valence-corrected chi connectivity index (χ4v) is 6.29. The van der Waals surface area contributed by atoms with Crippen molar-refractivity contribution in [1.29, 1.82) is 0 Å². The first-order valence-corrected chi connectivity index (χ1v) is 12.7. The van der Waals surface area contributed by atoms with Gasteiger partial charge in [-0.15, -0.1) is 11.3 Å². The molecule has 0 spiro atoms. The van der Waals surface area contributed by atoms with Crippen LogP contribution in [0.2, 0.25) is 0 Å². The Hall–Kier alpha value is -2.78. The number of ether oxygens (including phenoxy) is 1. The van der Waals surface area contributed by atoms with Crippen molar-refractivity contribution in [1.82, 2.24) is 19.4 Å². The van der Waals surface area contributed by atoms with Gasteiger partial charge < -0.3 is 9.64 Å². The summed E-state index contributed by atoms with van der Waals surface area (Å²) in [6, 6.07) is 6.83. The molecule has 2 aromatic heterocycles. The molecule has 7 nitrogen and oxygen atoms in total. The molecule has 3 aromatic rings. The Morgan fingerprint density at radius 3 is 2.71 bits per heavy atom.